The highest BCUT2D eigenvalue weighted by molar-refractivity contribution is 5.93. The molecular weight excluding hydrogens is 192 g/mol. The summed E-state index contributed by atoms with van der Waals surface area (Å²) in [7, 11) is 1.97. The van der Waals surface area contributed by atoms with Gasteiger partial charge < -0.3 is 10.2 Å². The van der Waals surface area contributed by atoms with E-state index in [0.717, 1.165) is 25.9 Å². The van der Waals surface area contributed by atoms with E-state index in [1.54, 1.807) is 12.4 Å². The Morgan fingerprint density at radius 2 is 2.33 bits per heavy atom. The largest absolute Gasteiger partial charge is 0.338 e. The van der Waals surface area contributed by atoms with Crippen LogP contribution in [0.2, 0.25) is 0 Å². The molecule has 0 aromatic carbocycles. The van der Waals surface area contributed by atoms with E-state index < -0.39 is 0 Å². The highest BCUT2D eigenvalue weighted by atomic mass is 16.2. The van der Waals surface area contributed by atoms with Crippen LogP contribution in [0.25, 0.3) is 0 Å². The zero-order chi connectivity index (χ0) is 10.7. The first-order valence-corrected chi connectivity index (χ1v) is 5.26. The molecule has 0 unspecified atom stereocenters. The molecule has 1 aromatic heterocycles. The van der Waals surface area contributed by atoms with Gasteiger partial charge in [-0.3, -0.25) is 9.89 Å². The third-order valence-electron chi connectivity index (χ3n) is 2.94. The molecule has 2 heterocycles. The number of nitrogens with one attached hydrogen (secondary N) is 2. The van der Waals surface area contributed by atoms with Gasteiger partial charge in [-0.2, -0.15) is 5.10 Å². The van der Waals surface area contributed by atoms with Crippen molar-refractivity contribution in [2.45, 2.75) is 18.9 Å². The predicted molar refractivity (Wildman–Crippen MR) is 56.6 cm³/mol. The average molecular weight is 208 g/mol. The Labute approximate surface area is 88.8 Å². The third-order valence-corrected chi connectivity index (χ3v) is 2.94. The van der Waals surface area contributed by atoms with Crippen molar-refractivity contribution in [1.29, 1.82) is 0 Å². The molecule has 15 heavy (non-hydrogen) atoms. The number of nitrogens with zero attached hydrogens (tertiary/aromatic N) is 2. The first-order chi connectivity index (χ1) is 7.31. The highest BCUT2D eigenvalue weighted by Gasteiger charge is 2.22. The molecule has 0 spiro atoms. The van der Waals surface area contributed by atoms with Gasteiger partial charge in [-0.25, -0.2) is 0 Å². The van der Waals surface area contributed by atoms with E-state index in [4.69, 9.17) is 0 Å². The summed E-state index contributed by atoms with van der Waals surface area (Å²) in [6, 6.07) is 0.554. The first kappa shape index (κ1) is 10.2. The summed E-state index contributed by atoms with van der Waals surface area (Å²) in [5.74, 6) is 0.0818. The Morgan fingerprint density at radius 1 is 1.60 bits per heavy atom. The van der Waals surface area contributed by atoms with E-state index >= 15 is 0 Å². The molecule has 0 atom stereocenters. The van der Waals surface area contributed by atoms with Gasteiger partial charge in [-0.1, -0.05) is 0 Å². The Bertz CT molecular complexity index is 314. The smallest absolute Gasteiger partial charge is 0.257 e. The lowest BCUT2D eigenvalue weighted by Crippen LogP contribution is -2.43. The summed E-state index contributed by atoms with van der Waals surface area (Å²) < 4.78 is 0. The van der Waals surface area contributed by atoms with E-state index in [9.17, 15) is 4.79 Å². The molecule has 0 radical (unpaired) electrons. The Hall–Kier alpha value is -1.36. The lowest BCUT2D eigenvalue weighted by atomic mass is 10.0. The maximum atomic E-state index is 11.9. The van der Waals surface area contributed by atoms with Crippen LogP contribution in [-0.2, 0) is 0 Å². The van der Waals surface area contributed by atoms with Crippen molar-refractivity contribution in [2.75, 3.05) is 20.1 Å². The fourth-order valence-corrected chi connectivity index (χ4v) is 1.92. The van der Waals surface area contributed by atoms with Gasteiger partial charge in [0.15, 0.2) is 0 Å². The summed E-state index contributed by atoms with van der Waals surface area (Å²) in [6.07, 6.45) is 5.28. The number of H-pyrrole nitrogens is 1. The van der Waals surface area contributed by atoms with Crippen molar-refractivity contribution in [3.8, 4) is 0 Å². The number of likely N-dealkylation sites (tertiary alicyclic amines) is 1. The molecule has 2 N–H and O–H groups in total. The Morgan fingerprint density at radius 3 is 2.87 bits per heavy atom. The second-order valence-corrected chi connectivity index (χ2v) is 3.84. The molecule has 5 heteroatoms. The maximum absolute atomic E-state index is 11.9. The van der Waals surface area contributed by atoms with Crippen LogP contribution in [0.3, 0.4) is 0 Å². The molecule has 5 nitrogen and oxygen atoms in total. The number of piperidine rings is 1. The van der Waals surface area contributed by atoms with Crippen LogP contribution in [0.15, 0.2) is 12.4 Å². The number of hydrogen-bond acceptors (Lipinski definition) is 3. The molecule has 1 aromatic rings. The van der Waals surface area contributed by atoms with Crippen molar-refractivity contribution in [3.63, 3.8) is 0 Å². The van der Waals surface area contributed by atoms with Crippen molar-refractivity contribution in [3.05, 3.63) is 18.0 Å². The number of carbonyl (C=O) groups is 1. The fourth-order valence-electron chi connectivity index (χ4n) is 1.92. The van der Waals surface area contributed by atoms with Gasteiger partial charge in [0.1, 0.15) is 0 Å². The SMILES string of the molecule is CNC1CCN(C(=O)c2cn[nH]c2)CC1. The van der Waals surface area contributed by atoms with Crippen LogP contribution in [0.4, 0.5) is 0 Å². The van der Waals surface area contributed by atoms with E-state index in [2.05, 4.69) is 15.5 Å². The average Bonchev–Trinajstić information content (AvgIpc) is 2.82. The van der Waals surface area contributed by atoms with E-state index in [1.165, 1.54) is 0 Å². The van der Waals surface area contributed by atoms with Crippen molar-refractivity contribution < 1.29 is 4.79 Å². The molecule has 0 bridgehead atoms. The monoisotopic (exact) mass is 208 g/mol. The van der Waals surface area contributed by atoms with Crippen LogP contribution >= 0.6 is 0 Å². The van der Waals surface area contributed by atoms with Crippen molar-refractivity contribution in [1.82, 2.24) is 20.4 Å². The third kappa shape index (κ3) is 2.18. The van der Waals surface area contributed by atoms with Crippen LogP contribution in [0, 0.1) is 0 Å². The molecule has 1 fully saturated rings. The lowest BCUT2D eigenvalue weighted by molar-refractivity contribution is 0.0707. The van der Waals surface area contributed by atoms with Gasteiger partial charge >= 0.3 is 0 Å². The molecule has 1 aliphatic heterocycles. The number of aromatic nitrogens is 2. The molecular formula is C10H16N4O. The van der Waals surface area contributed by atoms with Gasteiger partial charge in [0.05, 0.1) is 11.8 Å². The minimum Gasteiger partial charge on any atom is -0.338 e. The molecule has 1 aliphatic rings. The summed E-state index contributed by atoms with van der Waals surface area (Å²) in [4.78, 5) is 13.8. The number of amides is 1. The standard InChI is InChI=1S/C10H16N4O/c1-11-9-2-4-14(5-3-9)10(15)8-6-12-13-7-8/h6-7,9,11H,2-5H2,1H3,(H,12,13). The minimum absolute atomic E-state index is 0.0818. The van der Waals surface area contributed by atoms with E-state index in [-0.39, 0.29) is 5.91 Å². The van der Waals surface area contributed by atoms with Gasteiger partial charge in [0.25, 0.3) is 5.91 Å². The zero-order valence-electron chi connectivity index (χ0n) is 8.86. The summed E-state index contributed by atoms with van der Waals surface area (Å²) >= 11 is 0. The highest BCUT2D eigenvalue weighted by Crippen LogP contribution is 2.12. The van der Waals surface area contributed by atoms with Crippen molar-refractivity contribution in [2.24, 2.45) is 0 Å². The molecule has 0 saturated carbocycles. The summed E-state index contributed by atoms with van der Waals surface area (Å²) in [6.45, 7) is 1.66. The molecule has 82 valence electrons. The summed E-state index contributed by atoms with van der Waals surface area (Å²) in [5.41, 5.74) is 0.651. The van der Waals surface area contributed by atoms with Gasteiger partial charge in [-0.15, -0.1) is 0 Å². The van der Waals surface area contributed by atoms with E-state index in [1.807, 2.05) is 11.9 Å². The van der Waals surface area contributed by atoms with Gasteiger partial charge in [-0.05, 0) is 19.9 Å². The van der Waals surface area contributed by atoms with Crippen LogP contribution in [-0.4, -0.2) is 47.2 Å². The van der Waals surface area contributed by atoms with Crippen LogP contribution in [0.1, 0.15) is 23.2 Å². The second-order valence-electron chi connectivity index (χ2n) is 3.84. The maximum Gasteiger partial charge on any atom is 0.257 e. The van der Waals surface area contributed by atoms with Crippen LogP contribution in [0.5, 0.6) is 0 Å². The number of hydrogen-bond donors (Lipinski definition) is 2. The molecule has 1 amide bonds. The van der Waals surface area contributed by atoms with E-state index in [0.29, 0.717) is 11.6 Å². The fraction of sp³-hybridized carbons (Fsp3) is 0.600. The summed E-state index contributed by atoms with van der Waals surface area (Å²) in [5, 5.41) is 9.69. The topological polar surface area (TPSA) is 61.0 Å². The van der Waals surface area contributed by atoms with Crippen molar-refractivity contribution >= 4 is 5.91 Å². The van der Waals surface area contributed by atoms with Gasteiger partial charge in [0.2, 0.25) is 0 Å². The predicted octanol–water partition coefficient (Wildman–Crippen LogP) is 0.234. The Kier molecular flexibility index (Phi) is 3.01. The molecule has 0 aliphatic carbocycles. The zero-order valence-corrected chi connectivity index (χ0v) is 8.86. The quantitative estimate of drug-likeness (QED) is 0.731. The Balaban J connectivity index is 1.93. The normalized spacial score (nSPS) is 18.1. The first-order valence-electron chi connectivity index (χ1n) is 5.26. The molecule has 2 rings (SSSR count). The van der Waals surface area contributed by atoms with Crippen LogP contribution < -0.4 is 5.32 Å². The second kappa shape index (κ2) is 4.44. The minimum atomic E-state index is 0.0818. The number of rotatable bonds is 2. The number of aromatic amines is 1. The van der Waals surface area contributed by atoms with Gasteiger partial charge in [0, 0.05) is 25.3 Å². The lowest BCUT2D eigenvalue weighted by Gasteiger charge is -2.31. The molecule has 1 saturated heterocycles. The number of carbonyl (C=O) groups excluding carboxylic acids is 1.